The summed E-state index contributed by atoms with van der Waals surface area (Å²) >= 11 is 0. The highest BCUT2D eigenvalue weighted by atomic mass is 16.6. The number of esters is 1. The lowest BCUT2D eigenvalue weighted by molar-refractivity contribution is -0.384. The third kappa shape index (κ3) is 5.03. The number of methoxy groups -OCH3 is 1. The monoisotopic (exact) mass is 405 g/mol. The van der Waals surface area contributed by atoms with Gasteiger partial charge in [-0.05, 0) is 30.9 Å². The van der Waals surface area contributed by atoms with E-state index in [4.69, 9.17) is 9.47 Å². The Hall–Kier alpha value is -2.68. The molecule has 9 nitrogen and oxygen atoms in total. The fourth-order valence-electron chi connectivity index (χ4n) is 4.12. The van der Waals surface area contributed by atoms with E-state index in [1.165, 1.54) is 13.2 Å². The van der Waals surface area contributed by atoms with Gasteiger partial charge in [0.2, 0.25) is 0 Å². The average molecular weight is 405 g/mol. The zero-order valence-electron chi connectivity index (χ0n) is 16.6. The molecule has 1 saturated heterocycles. The molecule has 0 bridgehead atoms. The molecule has 2 fully saturated rings. The summed E-state index contributed by atoms with van der Waals surface area (Å²) in [4.78, 5) is 37.6. The molecule has 0 aromatic heterocycles. The molecule has 29 heavy (non-hydrogen) atoms. The van der Waals surface area contributed by atoms with E-state index in [1.807, 2.05) is 4.90 Å². The summed E-state index contributed by atoms with van der Waals surface area (Å²) in [5, 5.41) is 14.4. The van der Waals surface area contributed by atoms with Gasteiger partial charge >= 0.3 is 5.97 Å². The van der Waals surface area contributed by atoms with E-state index >= 15 is 0 Å². The molecule has 1 aliphatic heterocycles. The second-order valence-electron chi connectivity index (χ2n) is 7.44. The first-order valence-electron chi connectivity index (χ1n) is 9.98. The normalized spacial score (nSPS) is 22.0. The topological polar surface area (TPSA) is 111 Å². The van der Waals surface area contributed by atoms with Gasteiger partial charge in [-0.25, -0.2) is 0 Å². The van der Waals surface area contributed by atoms with Crippen molar-refractivity contribution in [2.24, 2.45) is 11.8 Å². The van der Waals surface area contributed by atoms with Crippen molar-refractivity contribution in [1.29, 1.82) is 0 Å². The van der Waals surface area contributed by atoms with Crippen LogP contribution in [0.15, 0.2) is 18.2 Å². The maximum absolute atomic E-state index is 12.6. The number of hydrogen-bond acceptors (Lipinski definition) is 7. The summed E-state index contributed by atoms with van der Waals surface area (Å²) in [6.45, 7) is 2.52. The van der Waals surface area contributed by atoms with Gasteiger partial charge in [-0.15, -0.1) is 0 Å². The van der Waals surface area contributed by atoms with E-state index < -0.39 is 4.92 Å². The molecular formula is C20H27N3O6. The van der Waals surface area contributed by atoms with Crippen LogP contribution in [0.25, 0.3) is 0 Å². The summed E-state index contributed by atoms with van der Waals surface area (Å²) in [6, 6.07) is 4.54. The highest BCUT2D eigenvalue weighted by molar-refractivity contribution is 5.95. The van der Waals surface area contributed by atoms with Crippen molar-refractivity contribution in [2.45, 2.75) is 25.7 Å². The molecule has 0 radical (unpaired) electrons. The number of rotatable bonds is 6. The van der Waals surface area contributed by atoms with Gasteiger partial charge in [0.25, 0.3) is 11.6 Å². The molecule has 1 aromatic carbocycles. The number of benzene rings is 1. The third-order valence-electron chi connectivity index (χ3n) is 5.72. The molecule has 2 atom stereocenters. The first-order chi connectivity index (χ1) is 14.0. The van der Waals surface area contributed by atoms with Crippen LogP contribution in [0.2, 0.25) is 0 Å². The minimum atomic E-state index is -0.462. The van der Waals surface area contributed by atoms with E-state index in [9.17, 15) is 19.7 Å². The Kier molecular flexibility index (Phi) is 7.03. The fourth-order valence-corrected chi connectivity index (χ4v) is 4.12. The molecule has 1 amide bonds. The van der Waals surface area contributed by atoms with Crippen LogP contribution in [0.5, 0.6) is 0 Å². The average Bonchev–Trinajstić information content (AvgIpc) is 2.77. The van der Waals surface area contributed by atoms with Gasteiger partial charge in [-0.1, -0.05) is 12.8 Å². The molecule has 1 aromatic rings. The van der Waals surface area contributed by atoms with E-state index in [-0.39, 0.29) is 35.0 Å². The number of ether oxygens (including phenoxy) is 2. The number of nitrogens with zero attached hydrogens (tertiary/aromatic N) is 2. The van der Waals surface area contributed by atoms with Gasteiger partial charge in [-0.2, -0.15) is 0 Å². The number of carbonyl (C=O) groups is 2. The van der Waals surface area contributed by atoms with E-state index in [0.717, 1.165) is 25.7 Å². The SMILES string of the molecule is COC(=O)C1CCCCC1CNC(=O)c1ccc(N2CCOCC2)c([N+](=O)[O-])c1. The van der Waals surface area contributed by atoms with Crippen LogP contribution in [0.4, 0.5) is 11.4 Å². The molecule has 1 heterocycles. The Morgan fingerprint density at radius 1 is 1.28 bits per heavy atom. The zero-order chi connectivity index (χ0) is 20.8. The van der Waals surface area contributed by atoms with Gasteiger partial charge in [0.1, 0.15) is 5.69 Å². The molecule has 158 valence electrons. The van der Waals surface area contributed by atoms with Gasteiger partial charge in [0.05, 0.1) is 31.2 Å². The Balaban J connectivity index is 1.69. The molecule has 9 heteroatoms. The van der Waals surface area contributed by atoms with Crippen molar-refractivity contribution < 1.29 is 24.0 Å². The van der Waals surface area contributed by atoms with Crippen LogP contribution >= 0.6 is 0 Å². The zero-order valence-corrected chi connectivity index (χ0v) is 16.6. The Morgan fingerprint density at radius 2 is 2.00 bits per heavy atom. The number of nitro groups is 1. The summed E-state index contributed by atoms with van der Waals surface area (Å²) in [7, 11) is 1.38. The molecule has 2 unspecified atom stereocenters. The molecule has 1 N–H and O–H groups in total. The van der Waals surface area contributed by atoms with Crippen molar-refractivity contribution in [2.75, 3.05) is 44.9 Å². The van der Waals surface area contributed by atoms with Crippen LogP contribution in [0.3, 0.4) is 0 Å². The second kappa shape index (κ2) is 9.69. The maximum Gasteiger partial charge on any atom is 0.309 e. The molecule has 3 rings (SSSR count). The van der Waals surface area contributed by atoms with Gasteiger partial charge < -0.3 is 19.7 Å². The van der Waals surface area contributed by atoms with Gasteiger partial charge in [0.15, 0.2) is 0 Å². The number of anilines is 1. The molecular weight excluding hydrogens is 378 g/mol. The highest BCUT2D eigenvalue weighted by Gasteiger charge is 2.32. The number of morpholine rings is 1. The molecule has 1 saturated carbocycles. The third-order valence-corrected chi connectivity index (χ3v) is 5.72. The number of nitrogens with one attached hydrogen (secondary N) is 1. The maximum atomic E-state index is 12.6. The van der Waals surface area contributed by atoms with Crippen molar-refractivity contribution in [3.8, 4) is 0 Å². The van der Waals surface area contributed by atoms with Crippen molar-refractivity contribution in [1.82, 2.24) is 5.32 Å². The van der Waals surface area contributed by atoms with Gasteiger partial charge in [0, 0.05) is 31.3 Å². The molecule has 1 aliphatic carbocycles. The van der Waals surface area contributed by atoms with Crippen LogP contribution in [-0.4, -0.2) is 56.8 Å². The molecule has 0 spiro atoms. The standard InChI is InChI=1S/C20H27N3O6/c1-28-20(25)16-5-3-2-4-15(16)13-21-19(24)14-6-7-17(18(12-14)23(26)27)22-8-10-29-11-9-22/h6-7,12,15-16H,2-5,8-11,13H2,1H3,(H,21,24). The quantitative estimate of drug-likeness (QED) is 0.438. The summed E-state index contributed by atoms with van der Waals surface area (Å²) in [5.74, 6) is -0.819. The lowest BCUT2D eigenvalue weighted by atomic mass is 9.79. The van der Waals surface area contributed by atoms with Crippen LogP contribution in [0, 0.1) is 22.0 Å². The lowest BCUT2D eigenvalue weighted by Crippen LogP contribution is -2.38. The smallest absolute Gasteiger partial charge is 0.309 e. The fraction of sp³-hybridized carbons (Fsp3) is 0.600. The number of hydrogen-bond donors (Lipinski definition) is 1. The number of amides is 1. The highest BCUT2D eigenvalue weighted by Crippen LogP contribution is 2.32. The number of nitro benzene ring substituents is 1. The van der Waals surface area contributed by atoms with Gasteiger partial charge in [-0.3, -0.25) is 19.7 Å². The van der Waals surface area contributed by atoms with Crippen LogP contribution in [-0.2, 0) is 14.3 Å². The van der Waals surface area contributed by atoms with E-state index in [1.54, 1.807) is 12.1 Å². The van der Waals surface area contributed by atoms with Crippen molar-refractivity contribution >= 4 is 23.3 Å². The summed E-state index contributed by atoms with van der Waals surface area (Å²) in [6.07, 6.45) is 3.58. The Bertz CT molecular complexity index is 763. The van der Waals surface area contributed by atoms with Crippen LogP contribution in [0.1, 0.15) is 36.0 Å². The number of carbonyl (C=O) groups excluding carboxylic acids is 2. The minimum absolute atomic E-state index is 0.0164. The first kappa shape index (κ1) is 21.0. The largest absolute Gasteiger partial charge is 0.469 e. The molecule has 2 aliphatic rings. The Morgan fingerprint density at radius 3 is 2.69 bits per heavy atom. The minimum Gasteiger partial charge on any atom is -0.469 e. The van der Waals surface area contributed by atoms with E-state index in [2.05, 4.69) is 5.32 Å². The van der Waals surface area contributed by atoms with Crippen molar-refractivity contribution in [3.05, 3.63) is 33.9 Å². The summed E-state index contributed by atoms with van der Waals surface area (Å²) in [5.41, 5.74) is 0.636. The first-order valence-corrected chi connectivity index (χ1v) is 9.98. The lowest BCUT2D eigenvalue weighted by Gasteiger charge is -2.29. The van der Waals surface area contributed by atoms with E-state index in [0.29, 0.717) is 38.5 Å². The van der Waals surface area contributed by atoms with Crippen LogP contribution < -0.4 is 10.2 Å². The predicted octanol–water partition coefficient (Wildman–Crippen LogP) is 2.14. The Labute approximate surface area is 169 Å². The summed E-state index contributed by atoms with van der Waals surface area (Å²) < 4.78 is 10.2. The van der Waals surface area contributed by atoms with Crippen molar-refractivity contribution in [3.63, 3.8) is 0 Å². The second-order valence-corrected chi connectivity index (χ2v) is 7.44. The predicted molar refractivity (Wildman–Crippen MR) is 106 cm³/mol.